The average Bonchev–Trinajstić information content (AvgIpc) is 2.82. The lowest BCUT2D eigenvalue weighted by molar-refractivity contribution is 0.185. The van der Waals surface area contributed by atoms with E-state index in [4.69, 9.17) is 33.1 Å². The first-order chi connectivity index (χ1) is 9.84. The van der Waals surface area contributed by atoms with Crippen molar-refractivity contribution in [3.63, 3.8) is 0 Å². The molecule has 21 heavy (non-hydrogen) atoms. The molecule has 0 aliphatic heterocycles. The minimum absolute atomic E-state index is 0.202. The first-order valence-corrected chi connectivity index (χ1v) is 8.05. The van der Waals surface area contributed by atoms with Gasteiger partial charge in [-0.15, -0.1) is 10.2 Å². The van der Waals surface area contributed by atoms with Crippen LogP contribution in [0.4, 0.5) is 0 Å². The fourth-order valence-electron chi connectivity index (χ4n) is 1.75. The summed E-state index contributed by atoms with van der Waals surface area (Å²) in [5.41, 5.74) is 0.461. The maximum Gasteiger partial charge on any atom is 0.273 e. The van der Waals surface area contributed by atoms with Crippen LogP contribution < -0.4 is 5.14 Å². The summed E-state index contributed by atoms with van der Waals surface area (Å²) >= 11 is 12.0. The molecule has 1 heterocycles. The molecule has 7 nitrogen and oxygen atoms in total. The first-order valence-electron chi connectivity index (χ1n) is 5.75. The Balaban J connectivity index is 2.63. The Morgan fingerprint density at radius 2 is 2.05 bits per heavy atom. The lowest BCUT2D eigenvalue weighted by atomic mass is 10.2. The van der Waals surface area contributed by atoms with Gasteiger partial charge in [0.1, 0.15) is 0 Å². The fraction of sp³-hybridized carbons (Fsp3) is 0.273. The number of rotatable bonds is 5. The highest BCUT2D eigenvalue weighted by Gasteiger charge is 2.23. The number of sulfonamides is 1. The second-order valence-corrected chi connectivity index (χ2v) is 6.42. The summed E-state index contributed by atoms with van der Waals surface area (Å²) in [5.74, 6) is 0.253. The Labute approximate surface area is 131 Å². The van der Waals surface area contributed by atoms with Crippen LogP contribution in [0.25, 0.3) is 11.4 Å². The molecule has 2 rings (SSSR count). The molecule has 0 aliphatic rings. The van der Waals surface area contributed by atoms with Gasteiger partial charge in [0.25, 0.3) is 15.2 Å². The molecular weight excluding hydrogens is 339 g/mol. The third-order valence-corrected chi connectivity index (χ3v) is 4.04. The average molecular weight is 351 g/mol. The van der Waals surface area contributed by atoms with Crippen molar-refractivity contribution in [1.29, 1.82) is 0 Å². The molecule has 1 aromatic carbocycles. The third kappa shape index (κ3) is 3.53. The smallest absolute Gasteiger partial charge is 0.273 e. The maximum atomic E-state index is 11.6. The van der Waals surface area contributed by atoms with Gasteiger partial charge in [-0.2, -0.15) is 0 Å². The summed E-state index contributed by atoms with van der Waals surface area (Å²) < 4.78 is 29.4. The number of ether oxygens (including phenoxy) is 1. The lowest BCUT2D eigenvalue weighted by Gasteiger charge is -2.10. The van der Waals surface area contributed by atoms with Crippen molar-refractivity contribution in [2.75, 3.05) is 13.7 Å². The second-order valence-electron chi connectivity index (χ2n) is 4.12. The van der Waals surface area contributed by atoms with Gasteiger partial charge in [-0.05, 0) is 18.2 Å². The molecule has 2 aromatic rings. The van der Waals surface area contributed by atoms with Crippen LogP contribution in [0.2, 0.25) is 10.0 Å². The van der Waals surface area contributed by atoms with Crippen LogP contribution in [0.15, 0.2) is 23.4 Å². The number of methoxy groups -OCH3 is 1. The second kappa shape index (κ2) is 6.29. The van der Waals surface area contributed by atoms with E-state index >= 15 is 0 Å². The van der Waals surface area contributed by atoms with Gasteiger partial charge >= 0.3 is 0 Å². The van der Waals surface area contributed by atoms with Crippen molar-refractivity contribution in [3.8, 4) is 11.4 Å². The molecule has 1 aromatic heterocycles. The summed E-state index contributed by atoms with van der Waals surface area (Å²) in [6, 6.07) is 4.78. The minimum Gasteiger partial charge on any atom is -0.383 e. The number of halogens is 2. The van der Waals surface area contributed by atoms with Gasteiger partial charge in [-0.3, -0.25) is 4.57 Å². The molecule has 0 saturated heterocycles. The SMILES string of the molecule is COCCn1c(-c2cc(Cl)ccc2Cl)nnc1S(N)(=O)=O. The zero-order valence-corrected chi connectivity index (χ0v) is 13.3. The van der Waals surface area contributed by atoms with Gasteiger partial charge in [0.05, 0.1) is 18.2 Å². The summed E-state index contributed by atoms with van der Waals surface area (Å²) in [7, 11) is -2.52. The van der Waals surface area contributed by atoms with Crippen molar-refractivity contribution in [2.45, 2.75) is 11.7 Å². The molecule has 0 saturated carbocycles. The van der Waals surface area contributed by atoms with E-state index in [9.17, 15) is 8.42 Å². The van der Waals surface area contributed by atoms with E-state index in [1.54, 1.807) is 18.2 Å². The van der Waals surface area contributed by atoms with Crippen LogP contribution in [0.5, 0.6) is 0 Å². The van der Waals surface area contributed by atoms with Crippen LogP contribution in [-0.2, 0) is 21.3 Å². The number of benzene rings is 1. The molecule has 0 atom stereocenters. The van der Waals surface area contributed by atoms with E-state index in [0.29, 0.717) is 15.6 Å². The summed E-state index contributed by atoms with van der Waals surface area (Å²) in [6.07, 6.45) is 0. The van der Waals surface area contributed by atoms with Gasteiger partial charge in [0.15, 0.2) is 5.82 Å². The molecule has 114 valence electrons. The Morgan fingerprint density at radius 3 is 2.67 bits per heavy atom. The van der Waals surface area contributed by atoms with E-state index in [1.165, 1.54) is 11.7 Å². The quantitative estimate of drug-likeness (QED) is 0.881. The topological polar surface area (TPSA) is 100 Å². The van der Waals surface area contributed by atoms with Gasteiger partial charge in [0, 0.05) is 17.7 Å². The first kappa shape index (κ1) is 16.2. The van der Waals surface area contributed by atoms with E-state index in [-0.39, 0.29) is 24.1 Å². The predicted molar refractivity (Wildman–Crippen MR) is 78.7 cm³/mol. The molecule has 0 aliphatic carbocycles. The number of hydrogen-bond acceptors (Lipinski definition) is 5. The van der Waals surface area contributed by atoms with Crippen molar-refractivity contribution >= 4 is 33.2 Å². The number of hydrogen-bond donors (Lipinski definition) is 1. The maximum absolute atomic E-state index is 11.6. The fourth-order valence-corrected chi connectivity index (χ4v) is 2.77. The highest BCUT2D eigenvalue weighted by atomic mass is 35.5. The monoisotopic (exact) mass is 350 g/mol. The van der Waals surface area contributed by atoms with Crippen molar-refractivity contribution in [1.82, 2.24) is 14.8 Å². The number of nitrogens with zero attached hydrogens (tertiary/aromatic N) is 3. The largest absolute Gasteiger partial charge is 0.383 e. The van der Waals surface area contributed by atoms with E-state index in [1.807, 2.05) is 0 Å². The van der Waals surface area contributed by atoms with Crippen molar-refractivity contribution < 1.29 is 13.2 Å². The molecule has 10 heteroatoms. The van der Waals surface area contributed by atoms with Crippen LogP contribution in [0, 0.1) is 0 Å². The summed E-state index contributed by atoms with van der Waals surface area (Å²) in [5, 5.41) is 13.1. The molecule has 2 N–H and O–H groups in total. The highest BCUT2D eigenvalue weighted by molar-refractivity contribution is 7.89. The van der Waals surface area contributed by atoms with Gasteiger partial charge in [-0.1, -0.05) is 23.2 Å². The van der Waals surface area contributed by atoms with Crippen LogP contribution in [-0.4, -0.2) is 36.9 Å². The van der Waals surface area contributed by atoms with Crippen LogP contribution in [0.3, 0.4) is 0 Å². The standard InChI is InChI=1S/C11H12Cl2N4O3S/c1-20-5-4-17-10(15-16-11(17)21(14,18)19)8-6-7(12)2-3-9(8)13/h2-3,6H,4-5H2,1H3,(H2,14,18,19). The van der Waals surface area contributed by atoms with Crippen molar-refractivity contribution in [2.24, 2.45) is 5.14 Å². The molecule has 0 amide bonds. The molecule has 0 spiro atoms. The minimum atomic E-state index is -4.02. The van der Waals surface area contributed by atoms with Gasteiger partial charge in [0.2, 0.25) is 0 Å². The molecular formula is C11H12Cl2N4O3S. The van der Waals surface area contributed by atoms with Crippen molar-refractivity contribution in [3.05, 3.63) is 28.2 Å². The molecule has 0 fully saturated rings. The van der Waals surface area contributed by atoms with E-state index in [0.717, 1.165) is 0 Å². The van der Waals surface area contributed by atoms with Gasteiger partial charge < -0.3 is 4.74 Å². The Kier molecular flexibility index (Phi) is 4.84. The zero-order valence-electron chi connectivity index (χ0n) is 11.0. The van der Waals surface area contributed by atoms with E-state index < -0.39 is 10.0 Å². The zero-order chi connectivity index (χ0) is 15.6. The Bertz CT molecular complexity index is 761. The third-order valence-electron chi connectivity index (χ3n) is 2.66. The van der Waals surface area contributed by atoms with Crippen LogP contribution >= 0.6 is 23.2 Å². The van der Waals surface area contributed by atoms with E-state index in [2.05, 4.69) is 10.2 Å². The summed E-state index contributed by atoms with van der Waals surface area (Å²) in [6.45, 7) is 0.458. The molecule has 0 unspecified atom stereocenters. The Morgan fingerprint density at radius 1 is 1.33 bits per heavy atom. The molecule has 0 radical (unpaired) electrons. The number of nitrogens with two attached hydrogens (primary N) is 1. The van der Waals surface area contributed by atoms with Crippen LogP contribution in [0.1, 0.15) is 0 Å². The number of primary sulfonamides is 1. The normalized spacial score (nSPS) is 11.8. The lowest BCUT2D eigenvalue weighted by Crippen LogP contribution is -2.20. The Hall–Kier alpha value is -1.19. The number of aromatic nitrogens is 3. The van der Waals surface area contributed by atoms with Gasteiger partial charge in [-0.25, -0.2) is 13.6 Å². The highest BCUT2D eigenvalue weighted by Crippen LogP contribution is 2.30. The molecule has 0 bridgehead atoms. The summed E-state index contributed by atoms with van der Waals surface area (Å²) in [4.78, 5) is 0. The predicted octanol–water partition coefficient (Wildman–Crippen LogP) is 1.55.